The van der Waals surface area contributed by atoms with Gasteiger partial charge in [0.25, 0.3) is 0 Å². The van der Waals surface area contributed by atoms with Crippen LogP contribution < -0.4 is 0 Å². The minimum atomic E-state index is -0.205. The van der Waals surface area contributed by atoms with Crippen LogP contribution in [0.2, 0.25) is 0 Å². The molecule has 0 aliphatic carbocycles. The van der Waals surface area contributed by atoms with Gasteiger partial charge in [-0.25, -0.2) is 0 Å². The monoisotopic (exact) mass is 334 g/mol. The second-order valence-corrected chi connectivity index (χ2v) is 5.94. The fourth-order valence-electron chi connectivity index (χ4n) is 2.72. The van der Waals surface area contributed by atoms with Crippen LogP contribution in [0.4, 0.5) is 0 Å². The molecule has 1 aliphatic heterocycles. The van der Waals surface area contributed by atoms with Crippen molar-refractivity contribution in [1.82, 2.24) is 0 Å². The Labute approximate surface area is 149 Å². The lowest BCUT2D eigenvalue weighted by molar-refractivity contribution is -0.0964. The van der Waals surface area contributed by atoms with Crippen LogP contribution >= 0.6 is 0 Å². The van der Waals surface area contributed by atoms with Crippen LogP contribution in [0.5, 0.6) is 0 Å². The molecule has 25 heavy (non-hydrogen) atoms. The highest BCUT2D eigenvalue weighted by Crippen LogP contribution is 2.22. The van der Waals surface area contributed by atoms with Gasteiger partial charge in [-0.05, 0) is 29.5 Å². The molecule has 0 radical (unpaired) electrons. The molecule has 1 heterocycles. The van der Waals surface area contributed by atoms with Crippen molar-refractivity contribution in [3.05, 3.63) is 83.6 Å². The lowest BCUT2D eigenvalue weighted by atomic mass is 10.1. The molecule has 0 saturated heterocycles. The quantitative estimate of drug-likeness (QED) is 0.714. The van der Waals surface area contributed by atoms with Gasteiger partial charge >= 0.3 is 0 Å². The molecule has 128 valence electrons. The Morgan fingerprint density at radius 1 is 0.960 bits per heavy atom. The summed E-state index contributed by atoms with van der Waals surface area (Å²) in [5.41, 5.74) is 2.27. The summed E-state index contributed by atoms with van der Waals surface area (Å²) in [6.45, 7) is 1.53. The van der Waals surface area contributed by atoms with Crippen molar-refractivity contribution in [2.24, 2.45) is 0 Å². The first kappa shape index (κ1) is 17.3. The van der Waals surface area contributed by atoms with Crippen molar-refractivity contribution >= 4 is 0 Å². The van der Waals surface area contributed by atoms with E-state index in [4.69, 9.17) is 20.6 Å². The second-order valence-electron chi connectivity index (χ2n) is 5.94. The van der Waals surface area contributed by atoms with E-state index >= 15 is 0 Å². The molecule has 1 aliphatic rings. The molecule has 2 aromatic carbocycles. The Morgan fingerprint density at radius 3 is 2.24 bits per heavy atom. The van der Waals surface area contributed by atoms with Crippen LogP contribution in [0.25, 0.3) is 0 Å². The average Bonchev–Trinajstić information content (AvgIpc) is 2.68. The second kappa shape index (κ2) is 9.08. The van der Waals surface area contributed by atoms with E-state index in [1.807, 2.05) is 66.7 Å². The minimum Gasteiger partial charge on any atom is -0.477 e. The number of hydrogen-bond acceptors (Lipinski definition) is 3. The molecule has 0 saturated carbocycles. The van der Waals surface area contributed by atoms with Crippen LogP contribution in [0.1, 0.15) is 17.5 Å². The van der Waals surface area contributed by atoms with Gasteiger partial charge in [0.1, 0.15) is 12.2 Å². The van der Waals surface area contributed by atoms with Gasteiger partial charge in [0.05, 0.1) is 19.8 Å². The van der Waals surface area contributed by atoms with E-state index in [0.717, 1.165) is 17.5 Å². The smallest absolute Gasteiger partial charge is 0.166 e. The fourth-order valence-corrected chi connectivity index (χ4v) is 2.72. The van der Waals surface area contributed by atoms with Crippen LogP contribution in [-0.2, 0) is 27.4 Å². The van der Waals surface area contributed by atoms with E-state index in [0.29, 0.717) is 25.6 Å². The van der Waals surface area contributed by atoms with E-state index in [1.165, 1.54) is 0 Å². The molecule has 0 N–H and O–H groups in total. The first-order valence-corrected chi connectivity index (χ1v) is 8.46. The molecule has 3 heteroatoms. The molecule has 0 bridgehead atoms. The number of ether oxygens (including phenoxy) is 3. The van der Waals surface area contributed by atoms with Gasteiger partial charge in [-0.1, -0.05) is 60.7 Å². The molecule has 2 aromatic rings. The largest absolute Gasteiger partial charge is 0.477 e. The topological polar surface area (TPSA) is 27.7 Å². The molecule has 0 fully saturated rings. The van der Waals surface area contributed by atoms with Gasteiger partial charge in [0, 0.05) is 0 Å². The summed E-state index contributed by atoms with van der Waals surface area (Å²) in [4.78, 5) is 0. The predicted molar refractivity (Wildman–Crippen MR) is 97.5 cm³/mol. The fraction of sp³-hybridized carbons (Fsp3) is 0.273. The zero-order valence-corrected chi connectivity index (χ0v) is 14.1. The molecule has 2 atom stereocenters. The van der Waals surface area contributed by atoms with E-state index in [9.17, 15) is 0 Å². The number of benzene rings is 2. The van der Waals surface area contributed by atoms with Crippen molar-refractivity contribution in [3.63, 3.8) is 0 Å². The van der Waals surface area contributed by atoms with Crippen molar-refractivity contribution in [3.8, 4) is 12.3 Å². The third kappa shape index (κ3) is 5.22. The zero-order valence-electron chi connectivity index (χ0n) is 14.1. The standard InChI is InChI=1S/C22H22O3/c1-2-20-13-14-21(24-16-19-11-7-4-8-12-19)22(25-20)17-23-15-18-9-5-3-6-10-18/h1,3-13,21-22H,14-17H2/t21-,22+/m0/s1. The van der Waals surface area contributed by atoms with Gasteiger partial charge in [0.15, 0.2) is 5.76 Å². The number of terminal acetylenes is 1. The average molecular weight is 334 g/mol. The Bertz CT molecular complexity index is 716. The first-order valence-electron chi connectivity index (χ1n) is 8.46. The maximum Gasteiger partial charge on any atom is 0.166 e. The summed E-state index contributed by atoms with van der Waals surface area (Å²) in [7, 11) is 0. The van der Waals surface area contributed by atoms with Crippen molar-refractivity contribution < 1.29 is 14.2 Å². The minimum absolute atomic E-state index is 0.0759. The van der Waals surface area contributed by atoms with Gasteiger partial charge in [0.2, 0.25) is 0 Å². The Morgan fingerprint density at radius 2 is 1.60 bits per heavy atom. The zero-order chi connectivity index (χ0) is 17.3. The molecule has 0 spiro atoms. The van der Waals surface area contributed by atoms with Crippen LogP contribution in [0.15, 0.2) is 72.5 Å². The highest BCUT2D eigenvalue weighted by molar-refractivity contribution is 5.21. The van der Waals surface area contributed by atoms with E-state index < -0.39 is 0 Å². The van der Waals surface area contributed by atoms with Gasteiger partial charge < -0.3 is 14.2 Å². The third-order valence-corrected chi connectivity index (χ3v) is 4.07. The normalized spacial score (nSPS) is 19.6. The highest BCUT2D eigenvalue weighted by atomic mass is 16.6. The first-order chi connectivity index (χ1) is 12.3. The maximum atomic E-state index is 6.06. The summed E-state index contributed by atoms with van der Waals surface area (Å²) in [5, 5.41) is 0. The molecule has 3 nitrogen and oxygen atoms in total. The van der Waals surface area contributed by atoms with E-state index in [-0.39, 0.29) is 12.2 Å². The lowest BCUT2D eigenvalue weighted by Crippen LogP contribution is -2.37. The van der Waals surface area contributed by atoms with Crippen molar-refractivity contribution in [1.29, 1.82) is 0 Å². The maximum absolute atomic E-state index is 6.06. The van der Waals surface area contributed by atoms with Gasteiger partial charge in [-0.3, -0.25) is 0 Å². The molecular weight excluding hydrogens is 312 g/mol. The Balaban J connectivity index is 1.55. The van der Waals surface area contributed by atoms with Crippen molar-refractivity contribution in [2.75, 3.05) is 6.61 Å². The number of rotatable bonds is 7. The predicted octanol–water partition coefficient (Wildman–Crippen LogP) is 4.09. The lowest BCUT2D eigenvalue weighted by Gasteiger charge is -2.30. The van der Waals surface area contributed by atoms with Crippen LogP contribution in [0, 0.1) is 12.3 Å². The van der Waals surface area contributed by atoms with E-state index in [1.54, 1.807) is 0 Å². The molecular formula is C22H22O3. The summed E-state index contributed by atoms with van der Waals surface area (Å²) in [6, 6.07) is 20.2. The van der Waals surface area contributed by atoms with Crippen LogP contribution in [-0.4, -0.2) is 18.8 Å². The third-order valence-electron chi connectivity index (χ3n) is 4.07. The molecule has 3 rings (SSSR count). The molecule has 0 aromatic heterocycles. The highest BCUT2D eigenvalue weighted by Gasteiger charge is 2.28. The van der Waals surface area contributed by atoms with Crippen molar-refractivity contribution in [2.45, 2.75) is 31.8 Å². The van der Waals surface area contributed by atoms with Crippen LogP contribution in [0.3, 0.4) is 0 Å². The summed E-state index contributed by atoms with van der Waals surface area (Å²) in [5.74, 6) is 3.13. The summed E-state index contributed by atoms with van der Waals surface area (Å²) >= 11 is 0. The Hall–Kier alpha value is -2.54. The van der Waals surface area contributed by atoms with Gasteiger partial charge in [-0.15, -0.1) is 6.42 Å². The Kier molecular flexibility index (Phi) is 6.28. The van der Waals surface area contributed by atoms with E-state index in [2.05, 4.69) is 5.92 Å². The SMILES string of the molecule is C#CC1=CC[C@H](OCc2ccccc2)[C@@H](COCc2ccccc2)O1. The number of allylic oxidation sites excluding steroid dienone is 1. The number of hydrogen-bond donors (Lipinski definition) is 0. The van der Waals surface area contributed by atoms with Gasteiger partial charge in [-0.2, -0.15) is 0 Å². The molecule has 0 unspecified atom stereocenters. The molecule has 0 amide bonds. The summed E-state index contributed by atoms with van der Waals surface area (Å²) in [6.07, 6.45) is 7.82. The summed E-state index contributed by atoms with van der Waals surface area (Å²) < 4.78 is 17.7.